The third-order valence-electron chi connectivity index (χ3n) is 2.78. The van der Waals surface area contributed by atoms with Crippen LogP contribution in [0.3, 0.4) is 0 Å². The van der Waals surface area contributed by atoms with Gasteiger partial charge >= 0.3 is 5.97 Å². The van der Waals surface area contributed by atoms with Crippen molar-refractivity contribution in [3.05, 3.63) is 26.8 Å². The molecule has 0 unspecified atom stereocenters. The maximum atomic E-state index is 11.1. The summed E-state index contributed by atoms with van der Waals surface area (Å²) in [6, 6.07) is 0. The van der Waals surface area contributed by atoms with E-state index in [0.717, 1.165) is 30.0 Å². The Hall–Kier alpha value is -1.42. The minimum atomic E-state index is -0.950. The molecular weight excluding hydrogens is 222 g/mol. The van der Waals surface area contributed by atoms with E-state index in [4.69, 9.17) is 17.3 Å². The molecule has 1 aromatic rings. The zero-order chi connectivity index (χ0) is 11.7. The van der Waals surface area contributed by atoms with Crippen LogP contribution in [0.25, 0.3) is 12.2 Å². The van der Waals surface area contributed by atoms with Crippen molar-refractivity contribution in [2.24, 2.45) is 0 Å². The first kappa shape index (κ1) is 11.1. The van der Waals surface area contributed by atoms with Crippen molar-refractivity contribution >= 4 is 30.3 Å². The average molecular weight is 235 g/mol. The Kier molecular flexibility index (Phi) is 2.92. The molecule has 1 N–H and O–H groups in total. The highest BCUT2D eigenvalue weighted by Crippen LogP contribution is 2.01. The molecule has 2 rings (SSSR count). The molecule has 0 bridgehead atoms. The van der Waals surface area contributed by atoms with Gasteiger partial charge in [0.1, 0.15) is 0 Å². The highest BCUT2D eigenvalue weighted by Gasteiger charge is 2.10. The predicted octanol–water partition coefficient (Wildman–Crippen LogP) is 1.29. The minimum absolute atomic E-state index is 0.224. The second-order valence-corrected chi connectivity index (χ2v) is 4.16. The van der Waals surface area contributed by atoms with Gasteiger partial charge in [0.2, 0.25) is 0 Å². The second-order valence-electron chi connectivity index (χ2n) is 3.75. The molecule has 0 saturated heterocycles. The SMILES string of the molecule is CCn1cc(C(=O)O)c(=S)c2c1=CCCC=2. The van der Waals surface area contributed by atoms with Crippen LogP contribution in [0.5, 0.6) is 0 Å². The van der Waals surface area contributed by atoms with Gasteiger partial charge < -0.3 is 9.67 Å². The first-order valence-corrected chi connectivity index (χ1v) is 5.73. The lowest BCUT2D eigenvalue weighted by Gasteiger charge is -2.10. The number of hydrogen-bond donors (Lipinski definition) is 1. The van der Waals surface area contributed by atoms with Crippen LogP contribution >= 0.6 is 12.2 Å². The van der Waals surface area contributed by atoms with Crippen LogP contribution in [0.4, 0.5) is 0 Å². The maximum absolute atomic E-state index is 11.1. The third-order valence-corrected chi connectivity index (χ3v) is 3.22. The molecule has 0 aliphatic heterocycles. The molecule has 84 valence electrons. The van der Waals surface area contributed by atoms with Gasteiger partial charge in [0.05, 0.1) is 10.1 Å². The molecule has 0 atom stereocenters. The highest BCUT2D eigenvalue weighted by molar-refractivity contribution is 7.71. The van der Waals surface area contributed by atoms with E-state index in [9.17, 15) is 4.79 Å². The minimum Gasteiger partial charge on any atom is -0.478 e. The number of carboxylic acid groups (broad SMARTS) is 1. The molecule has 0 amide bonds. The van der Waals surface area contributed by atoms with Crippen LogP contribution in [0.2, 0.25) is 0 Å². The van der Waals surface area contributed by atoms with E-state index in [-0.39, 0.29) is 5.56 Å². The highest BCUT2D eigenvalue weighted by atomic mass is 32.1. The number of aromatic nitrogens is 1. The lowest BCUT2D eigenvalue weighted by atomic mass is 10.1. The Balaban J connectivity index is 2.93. The van der Waals surface area contributed by atoms with E-state index < -0.39 is 5.97 Å². The topological polar surface area (TPSA) is 42.2 Å². The Morgan fingerprint density at radius 1 is 1.50 bits per heavy atom. The molecule has 1 aromatic heterocycles. The number of carbonyl (C=O) groups is 1. The van der Waals surface area contributed by atoms with Crippen molar-refractivity contribution in [1.29, 1.82) is 0 Å². The maximum Gasteiger partial charge on any atom is 0.338 e. The summed E-state index contributed by atoms with van der Waals surface area (Å²) in [6.45, 7) is 2.75. The standard InChI is InChI=1S/C12H13NO2S/c1-2-13-7-9(12(14)15)11(16)8-5-3-4-6-10(8)13/h5-7H,2-4H2,1H3,(H,14,15). The molecule has 0 spiro atoms. The van der Waals surface area contributed by atoms with E-state index in [2.05, 4.69) is 6.08 Å². The van der Waals surface area contributed by atoms with Gasteiger partial charge in [0.25, 0.3) is 0 Å². The lowest BCUT2D eigenvalue weighted by molar-refractivity contribution is 0.0695. The molecule has 4 heteroatoms. The van der Waals surface area contributed by atoms with Crippen molar-refractivity contribution < 1.29 is 9.90 Å². The van der Waals surface area contributed by atoms with Crippen LogP contribution in [0, 0.1) is 4.51 Å². The summed E-state index contributed by atoms with van der Waals surface area (Å²) >= 11 is 5.22. The number of nitrogens with zero attached hydrogens (tertiary/aromatic N) is 1. The number of aryl methyl sites for hydroxylation is 1. The zero-order valence-corrected chi connectivity index (χ0v) is 9.88. The first-order valence-electron chi connectivity index (χ1n) is 5.32. The summed E-state index contributed by atoms with van der Waals surface area (Å²) < 4.78 is 2.41. The smallest absolute Gasteiger partial charge is 0.338 e. The number of pyridine rings is 1. The molecular formula is C12H13NO2S. The molecule has 0 aromatic carbocycles. The largest absolute Gasteiger partial charge is 0.478 e. The van der Waals surface area contributed by atoms with Crippen LogP contribution in [0.15, 0.2) is 6.20 Å². The van der Waals surface area contributed by atoms with E-state index in [1.807, 2.05) is 17.6 Å². The molecule has 0 saturated carbocycles. The first-order chi connectivity index (χ1) is 7.65. The van der Waals surface area contributed by atoms with E-state index in [1.165, 1.54) is 0 Å². The number of fused-ring (bicyclic) bond motifs is 1. The molecule has 0 fully saturated rings. The summed E-state index contributed by atoms with van der Waals surface area (Å²) in [6.07, 6.45) is 7.73. The van der Waals surface area contributed by atoms with Gasteiger partial charge in [-0.2, -0.15) is 0 Å². The van der Waals surface area contributed by atoms with E-state index in [0.29, 0.717) is 4.51 Å². The molecule has 1 aliphatic carbocycles. The van der Waals surface area contributed by atoms with Gasteiger partial charge in [-0.3, -0.25) is 0 Å². The Labute approximate surface area is 98.3 Å². The van der Waals surface area contributed by atoms with Crippen molar-refractivity contribution in [1.82, 2.24) is 4.57 Å². The number of rotatable bonds is 2. The van der Waals surface area contributed by atoms with Gasteiger partial charge in [0, 0.05) is 23.3 Å². The second kappa shape index (κ2) is 4.22. The molecule has 1 aliphatic rings. The summed E-state index contributed by atoms with van der Waals surface area (Å²) in [5.41, 5.74) is 0.224. The monoisotopic (exact) mass is 235 g/mol. The van der Waals surface area contributed by atoms with E-state index >= 15 is 0 Å². The van der Waals surface area contributed by atoms with Crippen LogP contribution in [-0.2, 0) is 6.54 Å². The third kappa shape index (κ3) is 1.69. The van der Waals surface area contributed by atoms with Crippen LogP contribution in [-0.4, -0.2) is 15.6 Å². The van der Waals surface area contributed by atoms with Crippen molar-refractivity contribution in [3.8, 4) is 0 Å². The predicted molar refractivity (Wildman–Crippen MR) is 65.3 cm³/mol. The molecule has 16 heavy (non-hydrogen) atoms. The molecule has 0 radical (unpaired) electrons. The average Bonchev–Trinajstić information content (AvgIpc) is 2.29. The van der Waals surface area contributed by atoms with Gasteiger partial charge in [0.15, 0.2) is 0 Å². The Morgan fingerprint density at radius 2 is 2.19 bits per heavy atom. The van der Waals surface area contributed by atoms with Crippen molar-refractivity contribution in [2.75, 3.05) is 0 Å². The van der Waals surface area contributed by atoms with Crippen LogP contribution in [0.1, 0.15) is 30.1 Å². The molecule has 1 heterocycles. The van der Waals surface area contributed by atoms with Crippen LogP contribution < -0.4 is 10.6 Å². The van der Waals surface area contributed by atoms with Gasteiger partial charge in [-0.25, -0.2) is 4.79 Å². The number of hydrogen-bond acceptors (Lipinski definition) is 2. The van der Waals surface area contributed by atoms with Crippen molar-refractivity contribution in [2.45, 2.75) is 26.3 Å². The summed E-state index contributed by atoms with van der Waals surface area (Å²) in [5, 5.41) is 11.0. The fourth-order valence-electron chi connectivity index (χ4n) is 1.99. The van der Waals surface area contributed by atoms with Crippen molar-refractivity contribution in [3.63, 3.8) is 0 Å². The molecule has 3 nitrogen and oxygen atoms in total. The normalized spacial score (nSPS) is 13.6. The summed E-state index contributed by atoms with van der Waals surface area (Å²) in [5.74, 6) is -0.950. The van der Waals surface area contributed by atoms with E-state index in [1.54, 1.807) is 6.20 Å². The zero-order valence-electron chi connectivity index (χ0n) is 9.06. The lowest BCUT2D eigenvalue weighted by Crippen LogP contribution is -2.38. The quantitative estimate of drug-likeness (QED) is 0.785. The summed E-state index contributed by atoms with van der Waals surface area (Å²) in [4.78, 5) is 11.1. The van der Waals surface area contributed by atoms with Gasteiger partial charge in [-0.1, -0.05) is 24.4 Å². The number of aromatic carboxylic acids is 1. The van der Waals surface area contributed by atoms with Gasteiger partial charge in [-0.15, -0.1) is 0 Å². The number of carboxylic acids is 1. The summed E-state index contributed by atoms with van der Waals surface area (Å²) in [7, 11) is 0. The fourth-order valence-corrected chi connectivity index (χ4v) is 2.31. The Morgan fingerprint density at radius 3 is 2.81 bits per heavy atom. The van der Waals surface area contributed by atoms with Gasteiger partial charge in [-0.05, 0) is 19.8 Å². The fraction of sp³-hybridized carbons (Fsp3) is 0.333. The Bertz CT molecular complexity index is 613.